The molecule has 1 fully saturated rings. The summed E-state index contributed by atoms with van der Waals surface area (Å²) in [5.74, 6) is 0. The molecule has 0 amide bonds. The summed E-state index contributed by atoms with van der Waals surface area (Å²) in [7, 11) is -3.38. The predicted octanol–water partition coefficient (Wildman–Crippen LogP) is 2.59. The van der Waals surface area contributed by atoms with Crippen molar-refractivity contribution in [3.05, 3.63) is 29.8 Å². The van der Waals surface area contributed by atoms with Gasteiger partial charge in [0.2, 0.25) is 10.0 Å². The molecule has 4 nitrogen and oxygen atoms in total. The zero-order valence-electron chi connectivity index (χ0n) is 12.8. The van der Waals surface area contributed by atoms with Gasteiger partial charge in [0, 0.05) is 19.1 Å². The maximum atomic E-state index is 12.1. The van der Waals surface area contributed by atoms with Crippen LogP contribution in [0.25, 0.3) is 0 Å². The fourth-order valence-corrected chi connectivity index (χ4v) is 3.78. The van der Waals surface area contributed by atoms with Gasteiger partial charge in [-0.25, -0.2) is 13.1 Å². The van der Waals surface area contributed by atoms with Crippen molar-refractivity contribution in [3.8, 4) is 0 Å². The summed E-state index contributed by atoms with van der Waals surface area (Å²) in [5.41, 5.74) is 1.06. The molecule has 0 bridgehead atoms. The van der Waals surface area contributed by atoms with E-state index in [0.717, 1.165) is 5.56 Å². The topological polar surface area (TPSA) is 58.2 Å². The predicted molar refractivity (Wildman–Crippen MR) is 85.9 cm³/mol. The quantitative estimate of drug-likeness (QED) is 0.627. The molecular weight excluding hydrogens is 284 g/mol. The van der Waals surface area contributed by atoms with Gasteiger partial charge in [-0.3, -0.25) is 0 Å². The average Bonchev–Trinajstić information content (AvgIpc) is 2.73. The van der Waals surface area contributed by atoms with E-state index in [1.54, 1.807) is 12.1 Å². The monoisotopic (exact) mass is 310 g/mol. The number of nitrogens with one attached hydrogen (secondary N) is 2. The second-order valence-electron chi connectivity index (χ2n) is 5.85. The van der Waals surface area contributed by atoms with Crippen molar-refractivity contribution in [2.24, 2.45) is 0 Å². The number of hydrogen-bond acceptors (Lipinski definition) is 3. The Morgan fingerprint density at radius 2 is 1.62 bits per heavy atom. The molecule has 0 spiro atoms. The Morgan fingerprint density at radius 3 is 2.24 bits per heavy atom. The summed E-state index contributed by atoms with van der Waals surface area (Å²) >= 11 is 0. The highest BCUT2D eigenvalue weighted by Gasteiger charge is 2.14. The summed E-state index contributed by atoms with van der Waals surface area (Å²) in [4.78, 5) is 0.336. The SMILES string of the molecule is Cc1ccc(S(=O)(=O)NCCNC2CCCCCC2)cc1. The van der Waals surface area contributed by atoms with Crippen LogP contribution in [0.3, 0.4) is 0 Å². The summed E-state index contributed by atoms with van der Waals surface area (Å²) in [6.07, 6.45) is 7.66. The van der Waals surface area contributed by atoms with Crippen LogP contribution in [0.4, 0.5) is 0 Å². The number of rotatable bonds is 6. The highest BCUT2D eigenvalue weighted by molar-refractivity contribution is 7.89. The Bertz CT molecular complexity index is 518. The van der Waals surface area contributed by atoms with Crippen molar-refractivity contribution in [1.29, 1.82) is 0 Å². The molecule has 5 heteroatoms. The van der Waals surface area contributed by atoms with Gasteiger partial charge in [0.1, 0.15) is 0 Å². The van der Waals surface area contributed by atoms with Crippen molar-refractivity contribution < 1.29 is 8.42 Å². The minimum absolute atomic E-state index is 0.336. The second-order valence-corrected chi connectivity index (χ2v) is 7.62. The molecule has 21 heavy (non-hydrogen) atoms. The number of benzene rings is 1. The lowest BCUT2D eigenvalue weighted by molar-refractivity contribution is 0.461. The Hall–Kier alpha value is -0.910. The van der Waals surface area contributed by atoms with Gasteiger partial charge in [-0.15, -0.1) is 0 Å². The van der Waals surface area contributed by atoms with Gasteiger partial charge in [0.05, 0.1) is 4.90 Å². The largest absolute Gasteiger partial charge is 0.313 e. The van der Waals surface area contributed by atoms with Gasteiger partial charge in [-0.05, 0) is 31.9 Å². The zero-order chi connectivity index (χ0) is 15.1. The lowest BCUT2D eigenvalue weighted by Crippen LogP contribution is -2.36. The lowest BCUT2D eigenvalue weighted by Gasteiger charge is -2.16. The minimum Gasteiger partial charge on any atom is -0.313 e. The van der Waals surface area contributed by atoms with Crippen LogP contribution < -0.4 is 10.0 Å². The molecule has 1 aliphatic carbocycles. The van der Waals surface area contributed by atoms with Crippen LogP contribution in [0.1, 0.15) is 44.1 Å². The average molecular weight is 310 g/mol. The molecule has 0 aliphatic heterocycles. The van der Waals surface area contributed by atoms with E-state index in [1.165, 1.54) is 38.5 Å². The Kier molecular flexibility index (Phi) is 6.21. The third-order valence-corrected chi connectivity index (χ3v) is 5.51. The highest BCUT2D eigenvalue weighted by atomic mass is 32.2. The van der Waals surface area contributed by atoms with Crippen molar-refractivity contribution >= 4 is 10.0 Å². The van der Waals surface area contributed by atoms with Crippen molar-refractivity contribution in [2.45, 2.75) is 56.4 Å². The summed E-state index contributed by atoms with van der Waals surface area (Å²) < 4.78 is 26.9. The van der Waals surface area contributed by atoms with E-state index in [9.17, 15) is 8.42 Å². The first-order valence-corrected chi connectivity index (χ1v) is 9.36. The van der Waals surface area contributed by atoms with E-state index in [2.05, 4.69) is 10.0 Å². The fraction of sp³-hybridized carbons (Fsp3) is 0.625. The highest BCUT2D eigenvalue weighted by Crippen LogP contribution is 2.16. The molecule has 2 N–H and O–H groups in total. The van der Waals surface area contributed by atoms with E-state index >= 15 is 0 Å². The van der Waals surface area contributed by atoms with Crippen LogP contribution in [0.15, 0.2) is 29.2 Å². The van der Waals surface area contributed by atoms with Crippen molar-refractivity contribution in [3.63, 3.8) is 0 Å². The van der Waals surface area contributed by atoms with Crippen LogP contribution >= 0.6 is 0 Å². The molecule has 0 saturated heterocycles. The van der Waals surface area contributed by atoms with Gasteiger partial charge in [0.15, 0.2) is 0 Å². The Morgan fingerprint density at radius 1 is 1.00 bits per heavy atom. The van der Waals surface area contributed by atoms with Crippen LogP contribution in [0.2, 0.25) is 0 Å². The first-order valence-electron chi connectivity index (χ1n) is 7.88. The molecule has 0 heterocycles. The van der Waals surface area contributed by atoms with Crippen LogP contribution in [0, 0.1) is 6.92 Å². The van der Waals surface area contributed by atoms with E-state index in [-0.39, 0.29) is 0 Å². The molecule has 2 rings (SSSR count). The Labute approximate surface area is 128 Å². The second kappa shape index (κ2) is 7.92. The van der Waals surface area contributed by atoms with Crippen molar-refractivity contribution in [2.75, 3.05) is 13.1 Å². The van der Waals surface area contributed by atoms with Gasteiger partial charge in [-0.1, -0.05) is 43.4 Å². The van der Waals surface area contributed by atoms with Crippen LogP contribution in [-0.2, 0) is 10.0 Å². The smallest absolute Gasteiger partial charge is 0.240 e. The van der Waals surface area contributed by atoms with Gasteiger partial charge in [-0.2, -0.15) is 0 Å². The third kappa shape index (κ3) is 5.41. The summed E-state index contributed by atoms with van der Waals surface area (Å²) in [6, 6.07) is 7.49. The van der Waals surface area contributed by atoms with E-state index in [1.807, 2.05) is 19.1 Å². The molecular formula is C16H26N2O2S. The third-order valence-electron chi connectivity index (χ3n) is 4.04. The van der Waals surface area contributed by atoms with Gasteiger partial charge >= 0.3 is 0 Å². The molecule has 0 atom stereocenters. The molecule has 0 aromatic heterocycles. The molecule has 0 radical (unpaired) electrons. The molecule has 1 aliphatic rings. The lowest BCUT2D eigenvalue weighted by atomic mass is 10.1. The van der Waals surface area contributed by atoms with Gasteiger partial charge in [0.25, 0.3) is 0 Å². The van der Waals surface area contributed by atoms with Crippen LogP contribution in [-0.4, -0.2) is 27.5 Å². The first-order chi connectivity index (χ1) is 10.1. The molecule has 118 valence electrons. The molecule has 0 unspecified atom stereocenters. The van der Waals surface area contributed by atoms with Crippen molar-refractivity contribution in [1.82, 2.24) is 10.0 Å². The first kappa shape index (κ1) is 16.5. The number of aryl methyl sites for hydroxylation is 1. The normalized spacial score (nSPS) is 17.6. The van der Waals surface area contributed by atoms with E-state index in [0.29, 0.717) is 24.0 Å². The van der Waals surface area contributed by atoms with E-state index in [4.69, 9.17) is 0 Å². The van der Waals surface area contributed by atoms with E-state index < -0.39 is 10.0 Å². The molecule has 1 aromatic rings. The fourth-order valence-electron chi connectivity index (χ4n) is 2.75. The summed E-state index contributed by atoms with van der Waals surface area (Å²) in [5, 5.41) is 3.47. The molecule has 1 saturated carbocycles. The standard InChI is InChI=1S/C16H26N2O2S/c1-14-8-10-16(11-9-14)21(19,20)18-13-12-17-15-6-4-2-3-5-7-15/h8-11,15,17-18H,2-7,12-13H2,1H3. The van der Waals surface area contributed by atoms with Gasteiger partial charge < -0.3 is 5.32 Å². The zero-order valence-corrected chi connectivity index (χ0v) is 13.6. The van der Waals surface area contributed by atoms with Crippen LogP contribution in [0.5, 0.6) is 0 Å². The minimum atomic E-state index is -3.38. The maximum Gasteiger partial charge on any atom is 0.240 e. The maximum absolute atomic E-state index is 12.1. The number of hydrogen-bond donors (Lipinski definition) is 2. The number of sulfonamides is 1. The Balaban J connectivity index is 1.75. The summed E-state index contributed by atoms with van der Waals surface area (Å²) in [6.45, 7) is 3.07. The molecule has 1 aromatic carbocycles.